The summed E-state index contributed by atoms with van der Waals surface area (Å²) in [5, 5.41) is 8.56. The summed E-state index contributed by atoms with van der Waals surface area (Å²) in [6.45, 7) is 8.15. The lowest BCUT2D eigenvalue weighted by molar-refractivity contribution is 0.0476. The molecule has 0 aromatic rings. The second-order valence-electron chi connectivity index (χ2n) is 4.36. The smallest absolute Gasteiger partial charge is 0.0698 e. The Labute approximate surface area is 87.1 Å². The molecular formula is C11H23NO2. The van der Waals surface area contributed by atoms with Crippen molar-refractivity contribution in [3.63, 3.8) is 0 Å². The molecule has 3 heteroatoms. The van der Waals surface area contributed by atoms with Crippen molar-refractivity contribution >= 4 is 0 Å². The maximum Gasteiger partial charge on any atom is 0.0698 e. The average Bonchev–Trinajstić information content (AvgIpc) is 2.18. The number of hydrogen-bond donors (Lipinski definition) is 1. The van der Waals surface area contributed by atoms with Crippen LogP contribution >= 0.6 is 0 Å². The fourth-order valence-corrected chi connectivity index (χ4v) is 2.04. The quantitative estimate of drug-likeness (QED) is 0.676. The summed E-state index contributed by atoms with van der Waals surface area (Å²) in [4.78, 5) is 2.49. The van der Waals surface area contributed by atoms with Crippen LogP contribution in [0.4, 0.5) is 0 Å². The van der Waals surface area contributed by atoms with E-state index < -0.39 is 0 Å². The molecule has 1 saturated heterocycles. The molecule has 0 spiro atoms. The molecule has 0 aliphatic carbocycles. The van der Waals surface area contributed by atoms with Gasteiger partial charge in [-0.3, -0.25) is 4.90 Å². The van der Waals surface area contributed by atoms with Gasteiger partial charge in [0.2, 0.25) is 0 Å². The molecule has 2 unspecified atom stereocenters. The standard InChI is InChI=1S/C11H23NO2/c1-10-3-4-11(2)12(9-10)5-7-14-8-6-13/h10-11,13H,3-9H2,1-2H3. The lowest BCUT2D eigenvalue weighted by atomic mass is 9.95. The molecule has 1 heterocycles. The first-order valence-electron chi connectivity index (χ1n) is 5.66. The Bertz CT molecular complexity index is 152. The Morgan fingerprint density at radius 2 is 2.07 bits per heavy atom. The molecule has 0 amide bonds. The summed E-state index contributed by atoms with van der Waals surface area (Å²) in [6, 6.07) is 0.698. The summed E-state index contributed by atoms with van der Waals surface area (Å²) >= 11 is 0. The number of likely N-dealkylation sites (tertiary alicyclic amines) is 1. The normalized spacial score (nSPS) is 29.4. The van der Waals surface area contributed by atoms with E-state index in [0.29, 0.717) is 12.6 Å². The van der Waals surface area contributed by atoms with Crippen molar-refractivity contribution in [2.24, 2.45) is 5.92 Å². The number of piperidine rings is 1. The van der Waals surface area contributed by atoms with Crippen LogP contribution in [0.5, 0.6) is 0 Å². The number of aliphatic hydroxyl groups excluding tert-OH is 1. The Kier molecular flexibility index (Phi) is 5.45. The summed E-state index contributed by atoms with van der Waals surface area (Å²) in [5.74, 6) is 0.823. The highest BCUT2D eigenvalue weighted by Crippen LogP contribution is 2.20. The van der Waals surface area contributed by atoms with E-state index >= 15 is 0 Å². The topological polar surface area (TPSA) is 32.7 Å². The Morgan fingerprint density at radius 3 is 2.79 bits per heavy atom. The SMILES string of the molecule is CC1CCC(C)N(CCOCCO)C1. The Hall–Kier alpha value is -0.120. The lowest BCUT2D eigenvalue weighted by Gasteiger charge is -2.36. The molecule has 1 N–H and O–H groups in total. The fraction of sp³-hybridized carbons (Fsp3) is 1.00. The first-order valence-corrected chi connectivity index (χ1v) is 5.66. The molecule has 0 saturated carbocycles. The second kappa shape index (κ2) is 6.38. The minimum Gasteiger partial charge on any atom is -0.394 e. The van der Waals surface area contributed by atoms with Crippen LogP contribution in [0.3, 0.4) is 0 Å². The maximum atomic E-state index is 8.56. The largest absolute Gasteiger partial charge is 0.394 e. The zero-order chi connectivity index (χ0) is 10.4. The van der Waals surface area contributed by atoms with Gasteiger partial charge in [0, 0.05) is 19.1 Å². The van der Waals surface area contributed by atoms with Gasteiger partial charge in [-0.2, -0.15) is 0 Å². The first-order chi connectivity index (χ1) is 6.74. The number of nitrogens with zero attached hydrogens (tertiary/aromatic N) is 1. The number of ether oxygens (including phenoxy) is 1. The van der Waals surface area contributed by atoms with Crippen molar-refractivity contribution in [3.8, 4) is 0 Å². The molecule has 0 aromatic carbocycles. The van der Waals surface area contributed by atoms with Crippen molar-refractivity contribution < 1.29 is 9.84 Å². The first kappa shape index (κ1) is 12.0. The Morgan fingerprint density at radius 1 is 1.29 bits per heavy atom. The van der Waals surface area contributed by atoms with E-state index in [1.165, 1.54) is 19.4 Å². The maximum absolute atomic E-state index is 8.56. The molecule has 0 aromatic heterocycles. The van der Waals surface area contributed by atoms with Crippen LogP contribution in [0, 0.1) is 5.92 Å². The molecule has 1 aliphatic heterocycles. The van der Waals surface area contributed by atoms with E-state index in [2.05, 4.69) is 18.7 Å². The fourth-order valence-electron chi connectivity index (χ4n) is 2.04. The summed E-state index contributed by atoms with van der Waals surface area (Å²) in [7, 11) is 0. The molecule has 1 fully saturated rings. The van der Waals surface area contributed by atoms with Gasteiger partial charge in [-0.15, -0.1) is 0 Å². The van der Waals surface area contributed by atoms with Gasteiger partial charge in [0.1, 0.15) is 0 Å². The number of aliphatic hydroxyl groups is 1. The van der Waals surface area contributed by atoms with Crippen LogP contribution in [-0.4, -0.2) is 49.0 Å². The van der Waals surface area contributed by atoms with Gasteiger partial charge < -0.3 is 9.84 Å². The third kappa shape index (κ3) is 3.95. The van der Waals surface area contributed by atoms with Gasteiger partial charge in [0.05, 0.1) is 19.8 Å². The second-order valence-corrected chi connectivity index (χ2v) is 4.36. The van der Waals surface area contributed by atoms with Gasteiger partial charge in [-0.05, 0) is 25.7 Å². The van der Waals surface area contributed by atoms with Crippen LogP contribution in [0.1, 0.15) is 26.7 Å². The lowest BCUT2D eigenvalue weighted by Crippen LogP contribution is -2.42. The van der Waals surface area contributed by atoms with Gasteiger partial charge in [0.15, 0.2) is 0 Å². The van der Waals surface area contributed by atoms with Gasteiger partial charge in [0.25, 0.3) is 0 Å². The van der Waals surface area contributed by atoms with E-state index in [1.54, 1.807) is 0 Å². The van der Waals surface area contributed by atoms with E-state index in [4.69, 9.17) is 9.84 Å². The molecule has 3 nitrogen and oxygen atoms in total. The monoisotopic (exact) mass is 201 g/mol. The van der Waals surface area contributed by atoms with E-state index in [0.717, 1.165) is 19.1 Å². The van der Waals surface area contributed by atoms with Crippen LogP contribution < -0.4 is 0 Å². The minimum atomic E-state index is 0.131. The van der Waals surface area contributed by atoms with Crippen molar-refractivity contribution in [3.05, 3.63) is 0 Å². The van der Waals surface area contributed by atoms with Crippen molar-refractivity contribution in [2.75, 3.05) is 32.9 Å². The molecule has 1 rings (SSSR count). The van der Waals surface area contributed by atoms with E-state index in [9.17, 15) is 0 Å². The zero-order valence-corrected chi connectivity index (χ0v) is 9.41. The molecule has 0 bridgehead atoms. The number of hydrogen-bond acceptors (Lipinski definition) is 3. The van der Waals surface area contributed by atoms with Crippen LogP contribution in [0.15, 0.2) is 0 Å². The van der Waals surface area contributed by atoms with Crippen LogP contribution in [0.25, 0.3) is 0 Å². The van der Waals surface area contributed by atoms with Crippen molar-refractivity contribution in [1.29, 1.82) is 0 Å². The molecular weight excluding hydrogens is 178 g/mol. The highest BCUT2D eigenvalue weighted by atomic mass is 16.5. The Balaban J connectivity index is 2.14. The molecule has 84 valence electrons. The molecule has 14 heavy (non-hydrogen) atoms. The predicted molar refractivity (Wildman–Crippen MR) is 57.3 cm³/mol. The summed E-state index contributed by atoms with van der Waals surface area (Å²) < 4.78 is 5.28. The van der Waals surface area contributed by atoms with Crippen molar-refractivity contribution in [2.45, 2.75) is 32.7 Å². The van der Waals surface area contributed by atoms with Gasteiger partial charge >= 0.3 is 0 Å². The number of rotatable bonds is 5. The van der Waals surface area contributed by atoms with Crippen LogP contribution in [0.2, 0.25) is 0 Å². The summed E-state index contributed by atoms with van der Waals surface area (Å²) in [5.41, 5.74) is 0. The minimum absolute atomic E-state index is 0.131. The van der Waals surface area contributed by atoms with Gasteiger partial charge in [-0.25, -0.2) is 0 Å². The average molecular weight is 201 g/mol. The predicted octanol–water partition coefficient (Wildman–Crippen LogP) is 1.12. The molecule has 0 radical (unpaired) electrons. The zero-order valence-electron chi connectivity index (χ0n) is 9.41. The molecule has 1 aliphatic rings. The summed E-state index contributed by atoms with van der Waals surface area (Å²) in [6.07, 6.45) is 2.66. The van der Waals surface area contributed by atoms with Gasteiger partial charge in [-0.1, -0.05) is 6.92 Å². The molecule has 2 atom stereocenters. The van der Waals surface area contributed by atoms with Crippen LogP contribution in [-0.2, 0) is 4.74 Å². The third-order valence-electron chi connectivity index (χ3n) is 3.01. The third-order valence-corrected chi connectivity index (χ3v) is 3.01. The van der Waals surface area contributed by atoms with Crippen molar-refractivity contribution in [1.82, 2.24) is 4.90 Å². The van der Waals surface area contributed by atoms with E-state index in [1.807, 2.05) is 0 Å². The highest BCUT2D eigenvalue weighted by Gasteiger charge is 2.21. The highest BCUT2D eigenvalue weighted by molar-refractivity contribution is 4.76. The van der Waals surface area contributed by atoms with E-state index in [-0.39, 0.29) is 6.61 Å².